The molecule has 0 atom stereocenters. The summed E-state index contributed by atoms with van der Waals surface area (Å²) in [7, 11) is 0. The third-order valence-electron chi connectivity index (χ3n) is 4.61. The van der Waals surface area contributed by atoms with Gasteiger partial charge in [-0.15, -0.1) is 0 Å². The van der Waals surface area contributed by atoms with Crippen molar-refractivity contribution in [1.82, 2.24) is 10.2 Å². The number of benzene rings is 2. The van der Waals surface area contributed by atoms with Crippen LogP contribution in [0.1, 0.15) is 32.9 Å². The number of nitrogens with zero attached hydrogens (tertiary/aromatic N) is 1. The first-order valence-corrected chi connectivity index (χ1v) is 8.83. The Bertz CT molecular complexity index is 969. The summed E-state index contributed by atoms with van der Waals surface area (Å²) in [6.07, 6.45) is 0.652. The molecule has 4 rings (SSSR count). The highest BCUT2D eigenvalue weighted by Gasteiger charge is 2.34. The molecule has 1 aliphatic heterocycles. The van der Waals surface area contributed by atoms with Gasteiger partial charge in [0.1, 0.15) is 11.3 Å². The van der Waals surface area contributed by atoms with Crippen LogP contribution >= 0.6 is 0 Å². The summed E-state index contributed by atoms with van der Waals surface area (Å²) in [6.45, 7) is 0.504. The first-order valence-electron chi connectivity index (χ1n) is 8.83. The minimum atomic E-state index is -0.342. The number of carbonyl (C=O) groups excluding carboxylic acids is 3. The number of para-hydroxylation sites is 1. The van der Waals surface area contributed by atoms with E-state index in [-0.39, 0.29) is 30.7 Å². The van der Waals surface area contributed by atoms with Crippen molar-refractivity contribution in [3.63, 3.8) is 0 Å². The van der Waals surface area contributed by atoms with Crippen LogP contribution in [0.5, 0.6) is 0 Å². The second kappa shape index (κ2) is 7.07. The molecule has 1 aromatic heterocycles. The molecule has 6 nitrogen and oxygen atoms in total. The second-order valence-corrected chi connectivity index (χ2v) is 6.41. The van der Waals surface area contributed by atoms with Crippen LogP contribution in [0, 0.1) is 0 Å². The Morgan fingerprint density at radius 1 is 0.963 bits per heavy atom. The highest BCUT2D eigenvalue weighted by molar-refractivity contribution is 6.21. The van der Waals surface area contributed by atoms with Crippen molar-refractivity contribution in [2.24, 2.45) is 0 Å². The van der Waals surface area contributed by atoms with Gasteiger partial charge < -0.3 is 9.73 Å². The van der Waals surface area contributed by atoms with Gasteiger partial charge in [0.05, 0.1) is 11.1 Å². The third-order valence-corrected chi connectivity index (χ3v) is 4.61. The lowest BCUT2D eigenvalue weighted by atomic mass is 10.1. The molecule has 0 radical (unpaired) electrons. The van der Waals surface area contributed by atoms with Gasteiger partial charge in [0, 0.05) is 31.3 Å². The summed E-state index contributed by atoms with van der Waals surface area (Å²) in [6, 6.07) is 16.4. The van der Waals surface area contributed by atoms with Gasteiger partial charge in [0.15, 0.2) is 0 Å². The van der Waals surface area contributed by atoms with Crippen LogP contribution in [0.2, 0.25) is 0 Å². The average molecular weight is 362 g/mol. The lowest BCUT2D eigenvalue weighted by Crippen LogP contribution is -2.35. The topological polar surface area (TPSA) is 79.6 Å². The fraction of sp³-hybridized carbons (Fsp3) is 0.190. The van der Waals surface area contributed by atoms with Gasteiger partial charge in [-0.3, -0.25) is 19.3 Å². The van der Waals surface area contributed by atoms with Crippen molar-refractivity contribution in [2.45, 2.75) is 12.8 Å². The van der Waals surface area contributed by atoms with Crippen molar-refractivity contribution in [3.8, 4) is 0 Å². The summed E-state index contributed by atoms with van der Waals surface area (Å²) < 4.78 is 5.71. The quantitative estimate of drug-likeness (QED) is 0.684. The van der Waals surface area contributed by atoms with Crippen LogP contribution in [0.3, 0.4) is 0 Å². The molecule has 0 fully saturated rings. The molecule has 0 saturated carbocycles. The predicted molar refractivity (Wildman–Crippen MR) is 99.4 cm³/mol. The molecular formula is C21H18N2O4. The number of hydrogen-bond acceptors (Lipinski definition) is 4. The number of imide groups is 1. The zero-order valence-electron chi connectivity index (χ0n) is 14.6. The first kappa shape index (κ1) is 17.0. The predicted octanol–water partition coefficient (Wildman–Crippen LogP) is 2.78. The molecule has 6 heteroatoms. The van der Waals surface area contributed by atoms with E-state index in [1.54, 1.807) is 24.3 Å². The van der Waals surface area contributed by atoms with Crippen LogP contribution in [0.4, 0.5) is 0 Å². The number of amides is 3. The summed E-state index contributed by atoms with van der Waals surface area (Å²) in [5, 5.41) is 3.83. The largest absolute Gasteiger partial charge is 0.461 e. The monoisotopic (exact) mass is 362 g/mol. The summed E-state index contributed by atoms with van der Waals surface area (Å²) >= 11 is 0. The molecule has 0 saturated heterocycles. The molecule has 1 aliphatic rings. The lowest BCUT2D eigenvalue weighted by molar-refractivity contribution is -0.121. The maximum absolute atomic E-state index is 12.3. The molecular weight excluding hydrogens is 344 g/mol. The van der Waals surface area contributed by atoms with E-state index >= 15 is 0 Å². The van der Waals surface area contributed by atoms with Crippen molar-refractivity contribution >= 4 is 28.7 Å². The van der Waals surface area contributed by atoms with Crippen molar-refractivity contribution < 1.29 is 18.8 Å². The smallest absolute Gasteiger partial charge is 0.261 e. The van der Waals surface area contributed by atoms with Gasteiger partial charge >= 0.3 is 0 Å². The highest BCUT2D eigenvalue weighted by Crippen LogP contribution is 2.22. The van der Waals surface area contributed by atoms with E-state index in [0.29, 0.717) is 24.1 Å². The van der Waals surface area contributed by atoms with Crippen LogP contribution in [-0.4, -0.2) is 35.7 Å². The average Bonchev–Trinajstić information content (AvgIpc) is 3.20. The van der Waals surface area contributed by atoms with Gasteiger partial charge in [-0.25, -0.2) is 0 Å². The zero-order valence-corrected chi connectivity index (χ0v) is 14.6. The number of furan rings is 1. The van der Waals surface area contributed by atoms with E-state index < -0.39 is 0 Å². The van der Waals surface area contributed by atoms with Gasteiger partial charge in [0.2, 0.25) is 5.91 Å². The Hall–Kier alpha value is -3.41. The van der Waals surface area contributed by atoms with E-state index in [4.69, 9.17) is 4.42 Å². The van der Waals surface area contributed by atoms with E-state index in [9.17, 15) is 14.4 Å². The molecule has 0 unspecified atom stereocenters. The maximum Gasteiger partial charge on any atom is 0.261 e. The van der Waals surface area contributed by atoms with E-state index in [1.807, 2.05) is 30.3 Å². The molecule has 136 valence electrons. The van der Waals surface area contributed by atoms with Crippen molar-refractivity contribution in [3.05, 3.63) is 71.5 Å². The highest BCUT2D eigenvalue weighted by atomic mass is 16.3. The Balaban J connectivity index is 1.27. The fourth-order valence-electron chi connectivity index (χ4n) is 3.23. The Morgan fingerprint density at radius 3 is 2.33 bits per heavy atom. The van der Waals surface area contributed by atoms with E-state index in [0.717, 1.165) is 21.6 Å². The Morgan fingerprint density at radius 2 is 1.63 bits per heavy atom. The second-order valence-electron chi connectivity index (χ2n) is 6.41. The van der Waals surface area contributed by atoms with Crippen LogP contribution in [0.15, 0.2) is 59.0 Å². The van der Waals surface area contributed by atoms with E-state index in [2.05, 4.69) is 5.32 Å². The number of rotatable bonds is 6. The first-order chi connectivity index (χ1) is 13.1. The zero-order chi connectivity index (χ0) is 18.8. The molecule has 2 aromatic carbocycles. The number of nitrogens with one attached hydrogen (secondary N) is 1. The molecule has 1 N–H and O–H groups in total. The van der Waals surface area contributed by atoms with Crippen LogP contribution in [0.25, 0.3) is 11.0 Å². The normalized spacial score (nSPS) is 13.3. The Labute approximate surface area is 155 Å². The molecule has 0 bridgehead atoms. The van der Waals surface area contributed by atoms with Crippen molar-refractivity contribution in [1.29, 1.82) is 0 Å². The summed E-state index contributed by atoms with van der Waals surface area (Å²) in [5.41, 5.74) is 1.62. The Kier molecular flexibility index (Phi) is 4.46. The van der Waals surface area contributed by atoms with Gasteiger partial charge in [-0.2, -0.15) is 0 Å². The minimum Gasteiger partial charge on any atom is -0.461 e. The molecule has 0 aliphatic carbocycles. The molecule has 0 spiro atoms. The maximum atomic E-state index is 12.3. The standard InChI is InChI=1S/C21H18N2O4/c24-19(22-11-9-15-13-14-5-1-4-8-18(14)27-15)10-12-23-20(25)16-6-2-3-7-17(16)21(23)26/h1-8,13H,9-12H2,(H,22,24). The third kappa shape index (κ3) is 3.33. The van der Waals surface area contributed by atoms with Gasteiger partial charge in [-0.05, 0) is 24.3 Å². The fourth-order valence-corrected chi connectivity index (χ4v) is 3.23. The lowest BCUT2D eigenvalue weighted by Gasteiger charge is -2.13. The number of fused-ring (bicyclic) bond motifs is 2. The van der Waals surface area contributed by atoms with Crippen LogP contribution in [-0.2, 0) is 11.2 Å². The van der Waals surface area contributed by atoms with Gasteiger partial charge in [0.25, 0.3) is 11.8 Å². The van der Waals surface area contributed by atoms with Crippen molar-refractivity contribution in [2.75, 3.05) is 13.1 Å². The van der Waals surface area contributed by atoms with Gasteiger partial charge in [-0.1, -0.05) is 30.3 Å². The van der Waals surface area contributed by atoms with E-state index in [1.165, 1.54) is 0 Å². The molecule has 2 heterocycles. The summed E-state index contributed by atoms with van der Waals surface area (Å²) in [5.74, 6) is -0.0872. The minimum absolute atomic E-state index is 0.0722. The van der Waals surface area contributed by atoms with Crippen LogP contribution < -0.4 is 5.32 Å². The number of carbonyl (C=O) groups is 3. The molecule has 3 aromatic rings. The molecule has 27 heavy (non-hydrogen) atoms. The summed E-state index contributed by atoms with van der Waals surface area (Å²) in [4.78, 5) is 37.7. The molecule has 3 amide bonds. The number of hydrogen-bond donors (Lipinski definition) is 1. The SMILES string of the molecule is O=C(CCN1C(=O)c2ccccc2C1=O)NCCc1cc2ccccc2o1.